The van der Waals surface area contributed by atoms with Crippen LogP contribution in [0, 0.1) is 5.82 Å². The van der Waals surface area contributed by atoms with Crippen LogP contribution in [-0.2, 0) is 14.8 Å². The van der Waals surface area contributed by atoms with Gasteiger partial charge >= 0.3 is 0 Å². The molecule has 0 aliphatic carbocycles. The third-order valence-electron chi connectivity index (χ3n) is 2.22. The van der Waals surface area contributed by atoms with E-state index in [-0.39, 0.29) is 23.0 Å². The van der Waals surface area contributed by atoms with E-state index in [1.165, 1.54) is 12.1 Å². The van der Waals surface area contributed by atoms with Crippen molar-refractivity contribution in [1.29, 1.82) is 0 Å². The first-order valence-electron chi connectivity index (χ1n) is 5.53. The monoisotopic (exact) mass is 306 g/mol. The fraction of sp³-hybridized carbons (Fsp3) is 0.364. The molecule has 0 saturated heterocycles. The average molecular weight is 306 g/mol. The van der Waals surface area contributed by atoms with Crippen molar-refractivity contribution in [2.24, 2.45) is 5.73 Å². The molecule has 0 radical (unpaired) electrons. The molecular weight excluding hydrogens is 291 g/mol. The minimum absolute atomic E-state index is 0.0460. The predicted octanol–water partition coefficient (Wildman–Crippen LogP) is 1.24. The molecule has 0 fully saturated rings. The number of ether oxygens (including phenoxy) is 1. The topological polar surface area (TPSA) is 81.4 Å². The van der Waals surface area contributed by atoms with E-state index >= 15 is 0 Å². The molecule has 5 nitrogen and oxygen atoms in total. The molecule has 0 amide bonds. The molecule has 0 aliphatic rings. The molecule has 1 aromatic rings. The van der Waals surface area contributed by atoms with Crippen LogP contribution >= 0.6 is 12.2 Å². The lowest BCUT2D eigenvalue weighted by atomic mass is 10.2. The minimum atomic E-state index is -3.64. The zero-order valence-electron chi connectivity index (χ0n) is 10.3. The van der Waals surface area contributed by atoms with Crippen molar-refractivity contribution in [3.8, 4) is 0 Å². The summed E-state index contributed by atoms with van der Waals surface area (Å²) in [5, 5.41) is 0. The first-order chi connectivity index (χ1) is 8.85. The number of thiocarbonyl (C=S) groups is 1. The molecule has 0 spiro atoms. The van der Waals surface area contributed by atoms with E-state index < -0.39 is 15.8 Å². The molecule has 0 aliphatic heterocycles. The Balaban J connectivity index is 2.79. The van der Waals surface area contributed by atoms with E-state index in [4.69, 9.17) is 22.7 Å². The van der Waals surface area contributed by atoms with Crippen LogP contribution in [0.25, 0.3) is 0 Å². The molecule has 0 saturated carbocycles. The van der Waals surface area contributed by atoms with Crippen molar-refractivity contribution in [2.45, 2.75) is 6.92 Å². The van der Waals surface area contributed by atoms with E-state index in [1.54, 1.807) is 6.92 Å². The van der Waals surface area contributed by atoms with Gasteiger partial charge in [-0.05, 0) is 25.1 Å². The number of rotatable bonds is 7. The number of sulfonamides is 1. The summed E-state index contributed by atoms with van der Waals surface area (Å²) in [5.74, 6) is -0.970. The molecule has 0 unspecified atom stereocenters. The van der Waals surface area contributed by atoms with Crippen molar-refractivity contribution in [1.82, 2.24) is 0 Å². The molecule has 0 heterocycles. The summed E-state index contributed by atoms with van der Waals surface area (Å²) < 4.78 is 44.0. The molecule has 19 heavy (non-hydrogen) atoms. The van der Waals surface area contributed by atoms with Gasteiger partial charge in [0.25, 0.3) is 0 Å². The van der Waals surface area contributed by atoms with E-state index in [1.807, 2.05) is 0 Å². The average Bonchev–Trinajstić information content (AvgIpc) is 2.31. The summed E-state index contributed by atoms with van der Waals surface area (Å²) >= 11 is 4.70. The van der Waals surface area contributed by atoms with Gasteiger partial charge in [-0.1, -0.05) is 12.2 Å². The number of halogens is 1. The lowest BCUT2D eigenvalue weighted by molar-refractivity contribution is 0.163. The van der Waals surface area contributed by atoms with E-state index in [0.29, 0.717) is 12.2 Å². The lowest BCUT2D eigenvalue weighted by Crippen LogP contribution is -2.21. The Labute approximate surface area is 117 Å². The Bertz CT molecular complexity index is 561. The summed E-state index contributed by atoms with van der Waals surface area (Å²) in [6, 6.07) is 3.82. The van der Waals surface area contributed by atoms with Gasteiger partial charge in [-0.25, -0.2) is 12.8 Å². The molecule has 3 N–H and O–H groups in total. The summed E-state index contributed by atoms with van der Waals surface area (Å²) in [6.45, 7) is 2.24. The van der Waals surface area contributed by atoms with Crippen LogP contribution in [0.5, 0.6) is 0 Å². The molecule has 106 valence electrons. The SMILES string of the molecule is CCOCCS(=O)(=O)Nc1ccc(C(N)=S)cc1F. The highest BCUT2D eigenvalue weighted by atomic mass is 32.2. The number of anilines is 1. The first kappa shape index (κ1) is 15.8. The Morgan fingerprint density at radius 1 is 1.53 bits per heavy atom. The quantitative estimate of drug-likeness (QED) is 0.585. The molecule has 8 heteroatoms. The number of hydrogen-bond acceptors (Lipinski definition) is 4. The molecular formula is C11H15FN2O3S2. The predicted molar refractivity (Wildman–Crippen MR) is 76.2 cm³/mol. The molecule has 1 aromatic carbocycles. The largest absolute Gasteiger partial charge is 0.389 e. The zero-order chi connectivity index (χ0) is 14.5. The standard InChI is InChI=1S/C11H15FN2O3S2/c1-2-17-5-6-19(15,16)14-10-4-3-8(11(13)18)7-9(10)12/h3-4,7,14H,2,5-6H2,1H3,(H2,13,18). The summed E-state index contributed by atoms with van der Waals surface area (Å²) in [6.07, 6.45) is 0. The van der Waals surface area contributed by atoms with Gasteiger partial charge in [-0.15, -0.1) is 0 Å². The highest BCUT2D eigenvalue weighted by Crippen LogP contribution is 2.17. The maximum Gasteiger partial charge on any atom is 0.235 e. The third-order valence-corrected chi connectivity index (χ3v) is 3.69. The van der Waals surface area contributed by atoms with Crippen LogP contribution in [0.4, 0.5) is 10.1 Å². The first-order valence-corrected chi connectivity index (χ1v) is 7.59. The lowest BCUT2D eigenvalue weighted by Gasteiger charge is -2.09. The van der Waals surface area contributed by atoms with Crippen molar-refractivity contribution in [3.05, 3.63) is 29.6 Å². The number of hydrogen-bond donors (Lipinski definition) is 2. The van der Waals surface area contributed by atoms with Crippen molar-refractivity contribution in [2.75, 3.05) is 23.7 Å². The smallest absolute Gasteiger partial charge is 0.235 e. The number of nitrogens with two attached hydrogens (primary N) is 1. The molecule has 0 atom stereocenters. The third kappa shape index (κ3) is 5.09. The molecule has 0 aromatic heterocycles. The van der Waals surface area contributed by atoms with Gasteiger partial charge in [0.1, 0.15) is 10.8 Å². The normalized spacial score (nSPS) is 11.3. The zero-order valence-corrected chi connectivity index (χ0v) is 12.0. The second-order valence-electron chi connectivity index (χ2n) is 3.68. The van der Waals surface area contributed by atoms with Crippen LogP contribution in [0.1, 0.15) is 12.5 Å². The number of benzene rings is 1. The maximum absolute atomic E-state index is 13.7. The molecule has 0 bridgehead atoms. The van der Waals surface area contributed by atoms with E-state index in [9.17, 15) is 12.8 Å². The van der Waals surface area contributed by atoms with Crippen LogP contribution in [-0.4, -0.2) is 32.4 Å². The summed E-state index contributed by atoms with van der Waals surface area (Å²) in [4.78, 5) is 0.0460. The van der Waals surface area contributed by atoms with Crippen LogP contribution in [0.2, 0.25) is 0 Å². The fourth-order valence-corrected chi connectivity index (χ4v) is 2.35. The highest BCUT2D eigenvalue weighted by Gasteiger charge is 2.13. The summed E-state index contributed by atoms with van der Waals surface area (Å²) in [5.41, 5.74) is 5.55. The van der Waals surface area contributed by atoms with Gasteiger partial charge in [0.05, 0.1) is 18.0 Å². The van der Waals surface area contributed by atoms with Gasteiger partial charge < -0.3 is 10.5 Å². The highest BCUT2D eigenvalue weighted by molar-refractivity contribution is 7.92. The minimum Gasteiger partial charge on any atom is -0.389 e. The van der Waals surface area contributed by atoms with Crippen LogP contribution in [0.15, 0.2) is 18.2 Å². The Hall–Kier alpha value is -1.25. The van der Waals surface area contributed by atoms with Crippen molar-refractivity contribution in [3.63, 3.8) is 0 Å². The second kappa shape index (κ2) is 6.78. The van der Waals surface area contributed by atoms with Gasteiger partial charge in [0.2, 0.25) is 10.0 Å². The van der Waals surface area contributed by atoms with Crippen LogP contribution < -0.4 is 10.5 Å². The number of nitrogens with one attached hydrogen (secondary N) is 1. The molecule has 1 rings (SSSR count). The van der Waals surface area contributed by atoms with Gasteiger partial charge in [0, 0.05) is 12.2 Å². The fourth-order valence-electron chi connectivity index (χ4n) is 1.28. The van der Waals surface area contributed by atoms with Gasteiger partial charge in [0.15, 0.2) is 0 Å². The van der Waals surface area contributed by atoms with E-state index in [2.05, 4.69) is 4.72 Å². The maximum atomic E-state index is 13.7. The van der Waals surface area contributed by atoms with Gasteiger partial charge in [-0.3, -0.25) is 4.72 Å². The Morgan fingerprint density at radius 3 is 2.74 bits per heavy atom. The van der Waals surface area contributed by atoms with Crippen molar-refractivity contribution < 1.29 is 17.5 Å². The van der Waals surface area contributed by atoms with E-state index in [0.717, 1.165) is 6.07 Å². The second-order valence-corrected chi connectivity index (χ2v) is 5.96. The van der Waals surface area contributed by atoms with Crippen molar-refractivity contribution >= 4 is 32.9 Å². The Morgan fingerprint density at radius 2 is 2.21 bits per heavy atom. The summed E-state index contributed by atoms with van der Waals surface area (Å²) in [7, 11) is -3.64. The Kier molecular flexibility index (Phi) is 5.64. The van der Waals surface area contributed by atoms with Crippen LogP contribution in [0.3, 0.4) is 0 Å². The van der Waals surface area contributed by atoms with Gasteiger partial charge in [-0.2, -0.15) is 0 Å².